The van der Waals surface area contributed by atoms with Crippen molar-refractivity contribution >= 4 is 23.8 Å². The maximum Gasteiger partial charge on any atom is 0.303 e. The molecule has 2 N–H and O–H groups in total. The molecular formula is C16H18FN3O9. The molecule has 0 radical (unpaired) electrons. The zero-order valence-electron chi connectivity index (χ0n) is 15.6. The number of primary amides is 1. The summed E-state index contributed by atoms with van der Waals surface area (Å²) >= 11 is 0. The highest BCUT2D eigenvalue weighted by molar-refractivity contribution is 5.90. The van der Waals surface area contributed by atoms with Crippen molar-refractivity contribution in [1.82, 2.24) is 9.55 Å². The Morgan fingerprint density at radius 3 is 2.24 bits per heavy atom. The predicted molar refractivity (Wildman–Crippen MR) is 88.6 cm³/mol. The van der Waals surface area contributed by atoms with E-state index in [9.17, 15) is 28.4 Å². The number of amides is 1. The zero-order chi connectivity index (χ0) is 21.9. The molecule has 1 aromatic rings. The Hall–Kier alpha value is -3.35. The van der Waals surface area contributed by atoms with Crippen molar-refractivity contribution in [2.45, 2.75) is 45.3 Å². The van der Waals surface area contributed by atoms with Gasteiger partial charge in [-0.15, -0.1) is 0 Å². The van der Waals surface area contributed by atoms with Gasteiger partial charge in [-0.2, -0.15) is 4.39 Å². The van der Waals surface area contributed by atoms with Gasteiger partial charge in [0.1, 0.15) is 12.7 Å². The van der Waals surface area contributed by atoms with Crippen molar-refractivity contribution < 1.29 is 42.5 Å². The van der Waals surface area contributed by atoms with Gasteiger partial charge in [0.15, 0.2) is 24.1 Å². The Balaban J connectivity index is 2.54. The molecule has 2 rings (SSSR count). The van der Waals surface area contributed by atoms with Crippen LogP contribution in [0.2, 0.25) is 0 Å². The molecule has 1 aliphatic rings. The van der Waals surface area contributed by atoms with Crippen molar-refractivity contribution in [2.75, 3.05) is 6.61 Å². The molecule has 1 aromatic heterocycles. The van der Waals surface area contributed by atoms with Gasteiger partial charge in [-0.05, 0) is 0 Å². The van der Waals surface area contributed by atoms with Crippen LogP contribution in [0, 0.1) is 5.95 Å². The van der Waals surface area contributed by atoms with Gasteiger partial charge < -0.3 is 24.7 Å². The first kappa shape index (κ1) is 21.9. The Bertz CT molecular complexity index is 900. The number of nitrogens with two attached hydrogens (primary N) is 1. The quantitative estimate of drug-likeness (QED) is 0.440. The second kappa shape index (κ2) is 8.77. The van der Waals surface area contributed by atoms with Crippen LogP contribution in [0.5, 0.6) is 0 Å². The maximum absolute atomic E-state index is 13.9. The molecule has 0 spiro atoms. The molecule has 158 valence electrons. The maximum atomic E-state index is 13.9. The van der Waals surface area contributed by atoms with Gasteiger partial charge in [-0.3, -0.25) is 28.5 Å². The second-order valence-electron chi connectivity index (χ2n) is 6.00. The van der Waals surface area contributed by atoms with E-state index in [4.69, 9.17) is 24.7 Å². The lowest BCUT2D eigenvalue weighted by Gasteiger charge is -2.24. The minimum Gasteiger partial charge on any atom is -0.463 e. The molecule has 0 unspecified atom stereocenters. The molecule has 12 nitrogen and oxygen atoms in total. The average Bonchev–Trinajstić information content (AvgIpc) is 2.91. The first-order chi connectivity index (χ1) is 13.5. The minimum atomic E-state index is -1.54. The van der Waals surface area contributed by atoms with Gasteiger partial charge in [0.2, 0.25) is 5.95 Å². The van der Waals surface area contributed by atoms with Crippen LogP contribution in [-0.4, -0.2) is 58.3 Å². The lowest BCUT2D eigenvalue weighted by atomic mass is 10.1. The largest absolute Gasteiger partial charge is 0.463 e. The third-order valence-electron chi connectivity index (χ3n) is 3.75. The fourth-order valence-corrected chi connectivity index (χ4v) is 2.75. The predicted octanol–water partition coefficient (Wildman–Crippen LogP) is -1.19. The Morgan fingerprint density at radius 1 is 1.14 bits per heavy atom. The summed E-state index contributed by atoms with van der Waals surface area (Å²) in [5, 5.41) is 0. The highest BCUT2D eigenvalue weighted by atomic mass is 19.1. The monoisotopic (exact) mass is 415 g/mol. The van der Waals surface area contributed by atoms with E-state index in [0.717, 1.165) is 20.8 Å². The highest BCUT2D eigenvalue weighted by Crippen LogP contribution is 2.33. The number of nitrogens with zero attached hydrogens (tertiary/aromatic N) is 2. The van der Waals surface area contributed by atoms with Crippen LogP contribution in [-0.2, 0) is 33.3 Å². The first-order valence-corrected chi connectivity index (χ1v) is 8.23. The van der Waals surface area contributed by atoms with E-state index in [1.54, 1.807) is 0 Å². The smallest absolute Gasteiger partial charge is 0.303 e. The topological polar surface area (TPSA) is 166 Å². The van der Waals surface area contributed by atoms with Crippen molar-refractivity contribution in [2.24, 2.45) is 5.73 Å². The van der Waals surface area contributed by atoms with Gasteiger partial charge in [-0.1, -0.05) is 0 Å². The molecule has 29 heavy (non-hydrogen) atoms. The Labute approximate surface area is 162 Å². The number of hydrogen-bond acceptors (Lipinski definition) is 10. The number of halogens is 1. The second-order valence-corrected chi connectivity index (χ2v) is 6.00. The summed E-state index contributed by atoms with van der Waals surface area (Å²) in [7, 11) is 0. The number of esters is 3. The van der Waals surface area contributed by atoms with Gasteiger partial charge in [0, 0.05) is 20.8 Å². The lowest BCUT2D eigenvalue weighted by molar-refractivity contribution is -0.166. The normalized spacial score (nSPS) is 23.3. The summed E-state index contributed by atoms with van der Waals surface area (Å²) in [6, 6.07) is 0. The van der Waals surface area contributed by atoms with Crippen molar-refractivity contribution in [3.8, 4) is 0 Å². The summed E-state index contributed by atoms with van der Waals surface area (Å²) in [6.45, 7) is 2.82. The first-order valence-electron chi connectivity index (χ1n) is 8.23. The molecule has 4 atom stereocenters. The number of rotatable bonds is 6. The standard InChI is InChI=1S/C16H18FN3O9/c1-6(21)26-5-9-12(27-7(2)22)13(28-8(3)23)16(29-9)20-4-10(17)19-11(14(18)24)15(20)25/h4,9,12-13,16H,5H2,1-3H3,(H2,18,24)/t9-,12-,13-,16-/m1/s1. The summed E-state index contributed by atoms with van der Waals surface area (Å²) in [4.78, 5) is 61.2. The van der Waals surface area contributed by atoms with Crippen LogP contribution in [0.25, 0.3) is 0 Å². The molecule has 1 amide bonds. The van der Waals surface area contributed by atoms with Crippen LogP contribution < -0.4 is 11.3 Å². The van der Waals surface area contributed by atoms with Crippen molar-refractivity contribution in [3.63, 3.8) is 0 Å². The van der Waals surface area contributed by atoms with E-state index in [-0.39, 0.29) is 0 Å². The van der Waals surface area contributed by atoms with Gasteiger partial charge in [0.05, 0.1) is 6.20 Å². The summed E-state index contributed by atoms with van der Waals surface area (Å²) < 4.78 is 35.1. The molecule has 2 heterocycles. The molecule has 0 aromatic carbocycles. The zero-order valence-corrected chi connectivity index (χ0v) is 15.6. The third-order valence-corrected chi connectivity index (χ3v) is 3.75. The molecule has 0 bridgehead atoms. The molecule has 1 saturated heterocycles. The SMILES string of the molecule is CC(=O)OC[C@H]1O[C@@H](n2cc(F)nc(C(N)=O)c2=O)[C@H](OC(C)=O)[C@@H]1OC(C)=O. The van der Waals surface area contributed by atoms with Crippen molar-refractivity contribution in [1.29, 1.82) is 0 Å². The fraction of sp³-hybridized carbons (Fsp3) is 0.500. The van der Waals surface area contributed by atoms with Gasteiger partial charge >= 0.3 is 17.9 Å². The molecule has 0 saturated carbocycles. The Kier molecular flexibility index (Phi) is 6.64. The molecule has 1 fully saturated rings. The van der Waals surface area contributed by atoms with E-state index >= 15 is 0 Å². The number of hydrogen-bond donors (Lipinski definition) is 1. The average molecular weight is 415 g/mol. The van der Waals surface area contributed by atoms with Gasteiger partial charge in [0.25, 0.3) is 11.5 Å². The van der Waals surface area contributed by atoms with Crippen LogP contribution in [0.3, 0.4) is 0 Å². The molecule has 0 aliphatic carbocycles. The third kappa shape index (κ3) is 5.13. The molecule has 1 aliphatic heterocycles. The van der Waals surface area contributed by atoms with Crippen molar-refractivity contribution in [3.05, 3.63) is 28.2 Å². The Morgan fingerprint density at radius 2 is 1.72 bits per heavy atom. The lowest BCUT2D eigenvalue weighted by Crippen LogP contribution is -2.42. The number of carbonyl (C=O) groups is 4. The highest BCUT2D eigenvalue weighted by Gasteiger charge is 2.51. The van der Waals surface area contributed by atoms with E-state index in [0.29, 0.717) is 10.8 Å². The minimum absolute atomic E-state index is 0.424. The van der Waals surface area contributed by atoms with E-state index in [1.165, 1.54) is 0 Å². The van der Waals surface area contributed by atoms with E-state index in [1.807, 2.05) is 0 Å². The van der Waals surface area contributed by atoms with Gasteiger partial charge in [-0.25, -0.2) is 4.98 Å². The van der Waals surface area contributed by atoms with Crippen LogP contribution in [0.1, 0.15) is 37.5 Å². The fourth-order valence-electron chi connectivity index (χ4n) is 2.75. The molecule has 13 heteroatoms. The molecular weight excluding hydrogens is 397 g/mol. The van der Waals surface area contributed by atoms with Crippen LogP contribution in [0.15, 0.2) is 11.0 Å². The van der Waals surface area contributed by atoms with Crippen LogP contribution in [0.4, 0.5) is 4.39 Å². The van der Waals surface area contributed by atoms with E-state index < -0.39 is 72.2 Å². The number of ether oxygens (including phenoxy) is 4. The van der Waals surface area contributed by atoms with Crippen LogP contribution >= 0.6 is 0 Å². The number of aromatic nitrogens is 2. The number of carbonyl (C=O) groups excluding carboxylic acids is 4. The summed E-state index contributed by atoms with van der Waals surface area (Å²) in [5.74, 6) is -4.82. The summed E-state index contributed by atoms with van der Waals surface area (Å²) in [5.41, 5.74) is 2.99. The summed E-state index contributed by atoms with van der Waals surface area (Å²) in [6.07, 6.45) is -4.84. The van der Waals surface area contributed by atoms with E-state index in [2.05, 4.69) is 4.98 Å².